The predicted molar refractivity (Wildman–Crippen MR) is 67.6 cm³/mol. The van der Waals surface area contributed by atoms with Crippen LogP contribution in [0.25, 0.3) is 0 Å². The van der Waals surface area contributed by atoms with E-state index in [1.54, 1.807) is 12.3 Å². The number of pyridine rings is 1. The number of allylic oxidation sites excluding steroid dienone is 1. The Hall–Kier alpha value is -2.04. The summed E-state index contributed by atoms with van der Waals surface area (Å²) in [6, 6.07) is 2.99. The van der Waals surface area contributed by atoms with Gasteiger partial charge in [-0.25, -0.2) is 9.37 Å². The van der Waals surface area contributed by atoms with Crippen molar-refractivity contribution in [3.05, 3.63) is 41.6 Å². The molecule has 0 saturated heterocycles. The normalized spacial score (nSPS) is 18.6. The molecule has 0 fully saturated rings. The minimum Gasteiger partial charge on any atom is -0.411 e. The van der Waals surface area contributed by atoms with Gasteiger partial charge in [-0.2, -0.15) is 0 Å². The van der Waals surface area contributed by atoms with Crippen LogP contribution >= 0.6 is 0 Å². The summed E-state index contributed by atoms with van der Waals surface area (Å²) in [4.78, 5) is 8.19. The molecule has 5 heteroatoms. The second kappa shape index (κ2) is 6.05. The molecule has 2 rings (SSSR count). The van der Waals surface area contributed by atoms with Crippen molar-refractivity contribution in [3.63, 3.8) is 0 Å². The molecule has 1 N–H and O–H groups in total. The van der Waals surface area contributed by atoms with Gasteiger partial charge in [-0.3, -0.25) is 4.99 Å². The van der Waals surface area contributed by atoms with Gasteiger partial charge in [-0.1, -0.05) is 11.2 Å². The van der Waals surface area contributed by atoms with Crippen molar-refractivity contribution in [1.29, 1.82) is 0 Å². The third-order valence-electron chi connectivity index (χ3n) is 2.81. The lowest BCUT2D eigenvalue weighted by Gasteiger charge is -2.11. The standard InChI is InChI=1S/C13H14FN3O/c14-12-6-5-11(17-13(12)9-16-18)4-3-10-2-1-7-15-8-10/h1,5-10,18H,2-4H2/b16-9-. The van der Waals surface area contributed by atoms with Gasteiger partial charge in [0.25, 0.3) is 0 Å². The Kier molecular flexibility index (Phi) is 4.17. The second-order valence-corrected chi connectivity index (χ2v) is 4.13. The highest BCUT2D eigenvalue weighted by atomic mass is 19.1. The largest absolute Gasteiger partial charge is 0.411 e. The van der Waals surface area contributed by atoms with Gasteiger partial charge in [-0.05, 0) is 37.3 Å². The van der Waals surface area contributed by atoms with Crippen LogP contribution in [0.2, 0.25) is 0 Å². The Bertz CT molecular complexity index is 497. The van der Waals surface area contributed by atoms with Crippen LogP contribution in [-0.4, -0.2) is 22.6 Å². The van der Waals surface area contributed by atoms with E-state index >= 15 is 0 Å². The van der Waals surface area contributed by atoms with Gasteiger partial charge in [0.15, 0.2) is 5.82 Å². The van der Waals surface area contributed by atoms with Crippen molar-refractivity contribution in [2.75, 3.05) is 0 Å². The summed E-state index contributed by atoms with van der Waals surface area (Å²) in [5, 5.41) is 11.2. The molecule has 4 nitrogen and oxygen atoms in total. The zero-order chi connectivity index (χ0) is 12.8. The van der Waals surface area contributed by atoms with Gasteiger partial charge in [0.1, 0.15) is 5.69 Å². The fourth-order valence-electron chi connectivity index (χ4n) is 1.84. The molecule has 0 bridgehead atoms. The summed E-state index contributed by atoms with van der Waals surface area (Å²) < 4.78 is 13.3. The average Bonchev–Trinajstić information content (AvgIpc) is 2.41. The number of halogens is 1. The van der Waals surface area contributed by atoms with E-state index in [0.717, 1.165) is 31.2 Å². The molecule has 1 aliphatic heterocycles. The SMILES string of the molecule is O/N=C\c1nc(CCC2C=NC=CC2)ccc1F. The van der Waals surface area contributed by atoms with E-state index in [1.165, 1.54) is 6.07 Å². The van der Waals surface area contributed by atoms with Crippen molar-refractivity contribution in [3.8, 4) is 0 Å². The van der Waals surface area contributed by atoms with Crippen LogP contribution in [0.1, 0.15) is 24.2 Å². The van der Waals surface area contributed by atoms with E-state index < -0.39 is 5.82 Å². The van der Waals surface area contributed by atoms with Crippen LogP contribution in [0.5, 0.6) is 0 Å². The lowest BCUT2D eigenvalue weighted by atomic mass is 9.98. The lowest BCUT2D eigenvalue weighted by Crippen LogP contribution is -2.06. The smallest absolute Gasteiger partial charge is 0.150 e. The molecule has 0 aliphatic carbocycles. The number of oxime groups is 1. The molecule has 2 heterocycles. The highest BCUT2D eigenvalue weighted by Gasteiger charge is 2.09. The van der Waals surface area contributed by atoms with E-state index in [4.69, 9.17) is 5.21 Å². The van der Waals surface area contributed by atoms with Crippen molar-refractivity contribution in [2.45, 2.75) is 19.3 Å². The molecular weight excluding hydrogens is 233 g/mol. The van der Waals surface area contributed by atoms with Crippen molar-refractivity contribution >= 4 is 12.4 Å². The molecule has 18 heavy (non-hydrogen) atoms. The molecule has 1 unspecified atom stereocenters. The summed E-state index contributed by atoms with van der Waals surface area (Å²) in [5.41, 5.74) is 0.849. The predicted octanol–water partition coefficient (Wildman–Crippen LogP) is 2.57. The van der Waals surface area contributed by atoms with Crippen LogP contribution in [0.15, 0.2) is 34.6 Å². The van der Waals surface area contributed by atoms with Crippen LogP contribution < -0.4 is 0 Å². The number of aryl methyl sites for hydroxylation is 1. The Morgan fingerprint density at radius 3 is 3.11 bits per heavy atom. The topological polar surface area (TPSA) is 57.8 Å². The van der Waals surface area contributed by atoms with Gasteiger partial charge in [-0.15, -0.1) is 0 Å². The highest BCUT2D eigenvalue weighted by Crippen LogP contribution is 2.15. The van der Waals surface area contributed by atoms with E-state index in [2.05, 4.69) is 15.1 Å². The molecule has 1 aromatic heterocycles. The van der Waals surface area contributed by atoms with Crippen LogP contribution in [-0.2, 0) is 6.42 Å². The second-order valence-electron chi connectivity index (χ2n) is 4.13. The first kappa shape index (κ1) is 12.4. The summed E-state index contributed by atoms with van der Waals surface area (Å²) in [6.45, 7) is 0. The maximum atomic E-state index is 13.3. The third kappa shape index (κ3) is 3.23. The van der Waals surface area contributed by atoms with Gasteiger partial charge >= 0.3 is 0 Å². The summed E-state index contributed by atoms with van der Waals surface area (Å²) in [5.74, 6) is -0.0736. The number of hydrogen-bond donors (Lipinski definition) is 1. The van der Waals surface area contributed by atoms with E-state index in [9.17, 15) is 4.39 Å². The Balaban J connectivity index is 1.99. The average molecular weight is 247 g/mol. The van der Waals surface area contributed by atoms with Gasteiger partial charge in [0, 0.05) is 18.1 Å². The maximum absolute atomic E-state index is 13.3. The van der Waals surface area contributed by atoms with Crippen LogP contribution in [0, 0.1) is 11.7 Å². The molecule has 0 saturated carbocycles. The summed E-state index contributed by atoms with van der Waals surface area (Å²) >= 11 is 0. The first-order chi connectivity index (χ1) is 8.79. The van der Waals surface area contributed by atoms with E-state index in [0.29, 0.717) is 5.92 Å². The third-order valence-corrected chi connectivity index (χ3v) is 2.81. The summed E-state index contributed by atoms with van der Waals surface area (Å²) in [6.07, 6.45) is 9.41. The van der Waals surface area contributed by atoms with Crippen LogP contribution in [0.3, 0.4) is 0 Å². The molecule has 1 aromatic rings. The highest BCUT2D eigenvalue weighted by molar-refractivity contribution is 5.76. The number of hydrogen-bond acceptors (Lipinski definition) is 4. The molecule has 0 spiro atoms. The zero-order valence-electron chi connectivity index (χ0n) is 9.83. The van der Waals surface area contributed by atoms with Gasteiger partial charge in [0.05, 0.1) is 6.21 Å². The Morgan fingerprint density at radius 1 is 1.50 bits per heavy atom. The summed E-state index contributed by atoms with van der Waals surface area (Å²) in [7, 11) is 0. The van der Waals surface area contributed by atoms with E-state index in [-0.39, 0.29) is 5.69 Å². The number of nitrogens with zero attached hydrogens (tertiary/aromatic N) is 3. The monoisotopic (exact) mass is 247 g/mol. The first-order valence-electron chi connectivity index (χ1n) is 5.81. The Morgan fingerprint density at radius 2 is 2.39 bits per heavy atom. The number of rotatable bonds is 4. The quantitative estimate of drug-likeness (QED) is 0.505. The van der Waals surface area contributed by atoms with Crippen molar-refractivity contribution in [2.24, 2.45) is 16.1 Å². The molecule has 0 amide bonds. The fourth-order valence-corrected chi connectivity index (χ4v) is 1.84. The number of aromatic nitrogens is 1. The molecule has 1 atom stereocenters. The zero-order valence-corrected chi connectivity index (χ0v) is 9.83. The molecular formula is C13H14FN3O. The van der Waals surface area contributed by atoms with E-state index in [1.807, 2.05) is 12.3 Å². The van der Waals surface area contributed by atoms with Gasteiger partial charge < -0.3 is 5.21 Å². The van der Waals surface area contributed by atoms with Crippen LogP contribution in [0.4, 0.5) is 4.39 Å². The van der Waals surface area contributed by atoms with Crippen molar-refractivity contribution < 1.29 is 9.60 Å². The maximum Gasteiger partial charge on any atom is 0.150 e. The molecule has 0 aromatic carbocycles. The fraction of sp³-hybridized carbons (Fsp3) is 0.308. The lowest BCUT2D eigenvalue weighted by molar-refractivity contribution is 0.321. The Labute approximate surface area is 105 Å². The molecule has 1 aliphatic rings. The number of aliphatic imine (C=N–C) groups is 1. The van der Waals surface area contributed by atoms with Crippen molar-refractivity contribution in [1.82, 2.24) is 4.98 Å². The molecule has 0 radical (unpaired) electrons. The van der Waals surface area contributed by atoms with Gasteiger partial charge in [0.2, 0.25) is 0 Å². The first-order valence-corrected chi connectivity index (χ1v) is 5.81. The minimum absolute atomic E-state index is 0.0622. The molecule has 94 valence electrons. The minimum atomic E-state index is -0.487.